The molecule has 294 valence electrons. The molecule has 1 saturated heterocycles. The standard InChI is InChI=1S/C37H50N6O10S/c1-36(2,3)53-35(47)38-28-10-8-16-51-15-7-9-23-20-37(23,34(46)41-54(48,49)26-12-13-26)40-31(44)29-19-25(21-43(29)33(28)45)52-32-27-14-11-24(50-6)17-22(27)18-30(39-32)42(4)5/h7,9,11,14,17-18,23,25-26,28-29H,8,10,12-13,15-16,19-21H2,1-6H3,(H,38,47)(H,40,44)(H,41,46)/t23-,25?,28+,29+,37-/m1/s1. The molecule has 2 saturated carbocycles. The molecule has 5 atom stereocenters. The molecular formula is C37H50N6O10S. The first-order chi connectivity index (χ1) is 25.5. The quantitative estimate of drug-likeness (QED) is 0.333. The minimum absolute atomic E-state index is 0.0178. The number of sulfonamides is 1. The van der Waals surface area contributed by atoms with Crippen LogP contribution in [0.4, 0.5) is 10.6 Å². The second-order valence-corrected chi connectivity index (χ2v) is 17.5. The summed E-state index contributed by atoms with van der Waals surface area (Å²) in [6.45, 7) is 5.53. The van der Waals surface area contributed by atoms with Gasteiger partial charge in [-0.05, 0) is 82.5 Å². The predicted molar refractivity (Wildman–Crippen MR) is 199 cm³/mol. The number of alkyl carbamates (subject to hydrolysis) is 1. The number of amides is 4. The normalized spacial score (nSPS) is 26.4. The molecule has 0 radical (unpaired) electrons. The molecule has 2 aromatic rings. The average Bonchev–Trinajstić information content (AvgIpc) is 4.02. The van der Waals surface area contributed by atoms with Gasteiger partial charge in [-0.2, -0.15) is 4.98 Å². The van der Waals surface area contributed by atoms with Crippen molar-refractivity contribution in [3.05, 3.63) is 36.4 Å². The number of methoxy groups -OCH3 is 1. The largest absolute Gasteiger partial charge is 0.497 e. The average molecular weight is 771 g/mol. The Morgan fingerprint density at radius 3 is 2.57 bits per heavy atom. The zero-order valence-corrected chi connectivity index (χ0v) is 32.4. The molecule has 2 aliphatic heterocycles. The van der Waals surface area contributed by atoms with Crippen molar-refractivity contribution in [1.29, 1.82) is 0 Å². The molecule has 2 aliphatic carbocycles. The van der Waals surface area contributed by atoms with E-state index in [0.717, 1.165) is 5.39 Å². The molecule has 54 heavy (non-hydrogen) atoms. The van der Waals surface area contributed by atoms with E-state index in [1.165, 1.54) is 4.90 Å². The van der Waals surface area contributed by atoms with E-state index in [1.54, 1.807) is 46.1 Å². The molecule has 17 heteroatoms. The van der Waals surface area contributed by atoms with E-state index in [9.17, 15) is 27.6 Å². The lowest BCUT2D eigenvalue weighted by atomic mass is 10.1. The number of aromatic nitrogens is 1. The fraction of sp³-hybridized carbons (Fsp3) is 0.595. The molecular weight excluding hydrogens is 721 g/mol. The summed E-state index contributed by atoms with van der Waals surface area (Å²) in [5.74, 6) is -1.01. The van der Waals surface area contributed by atoms with Gasteiger partial charge in [0.25, 0.3) is 5.91 Å². The van der Waals surface area contributed by atoms with Crippen molar-refractivity contribution < 1.29 is 46.5 Å². The molecule has 1 aromatic heterocycles. The number of carbonyl (C=O) groups is 4. The molecule has 3 fully saturated rings. The molecule has 16 nitrogen and oxygen atoms in total. The molecule has 3 N–H and O–H groups in total. The lowest BCUT2D eigenvalue weighted by Gasteiger charge is -2.30. The molecule has 1 aromatic carbocycles. The maximum absolute atomic E-state index is 14.5. The lowest BCUT2D eigenvalue weighted by molar-refractivity contribution is -0.141. The van der Waals surface area contributed by atoms with Crippen LogP contribution in [-0.2, 0) is 33.9 Å². The van der Waals surface area contributed by atoms with Crippen LogP contribution in [0.1, 0.15) is 59.3 Å². The topological polar surface area (TPSA) is 195 Å². The van der Waals surface area contributed by atoms with Crippen molar-refractivity contribution in [2.75, 3.05) is 45.9 Å². The molecule has 0 spiro atoms. The summed E-state index contributed by atoms with van der Waals surface area (Å²) in [6, 6.07) is 5.13. The van der Waals surface area contributed by atoms with Crippen LogP contribution in [0.3, 0.4) is 0 Å². The maximum Gasteiger partial charge on any atom is 0.408 e. The van der Waals surface area contributed by atoms with Crippen molar-refractivity contribution >= 4 is 50.4 Å². The Hall–Kier alpha value is -4.64. The summed E-state index contributed by atoms with van der Waals surface area (Å²) in [5, 5.41) is 6.38. The highest BCUT2D eigenvalue weighted by Gasteiger charge is 2.62. The van der Waals surface area contributed by atoms with Gasteiger partial charge in [-0.25, -0.2) is 13.2 Å². The van der Waals surface area contributed by atoms with Gasteiger partial charge in [0.2, 0.25) is 27.7 Å². The Morgan fingerprint density at radius 1 is 1.13 bits per heavy atom. The SMILES string of the molecule is COc1ccc2c(OC3C[C@H]4C(=O)N[C@]5(C(=O)NS(=O)(=O)C6CC6)C[C@H]5C=CCOCCC[C@H](NC(=O)OC(C)(C)C)C(=O)N4C3)nc(N(C)C)cc2c1. The Labute approximate surface area is 315 Å². The third kappa shape index (κ3) is 8.83. The summed E-state index contributed by atoms with van der Waals surface area (Å²) in [5.41, 5.74) is -2.39. The monoisotopic (exact) mass is 770 g/mol. The van der Waals surface area contributed by atoms with Crippen LogP contribution in [0.5, 0.6) is 11.6 Å². The number of anilines is 1. The van der Waals surface area contributed by atoms with Crippen LogP contribution >= 0.6 is 0 Å². The highest BCUT2D eigenvalue weighted by atomic mass is 32.2. The lowest BCUT2D eigenvalue weighted by Crippen LogP contribution is -2.58. The first-order valence-corrected chi connectivity index (χ1v) is 19.8. The van der Waals surface area contributed by atoms with Crippen LogP contribution in [-0.4, -0.2) is 118 Å². The Bertz CT molecular complexity index is 1930. The summed E-state index contributed by atoms with van der Waals surface area (Å²) in [4.78, 5) is 63.5. The van der Waals surface area contributed by atoms with Crippen molar-refractivity contribution in [2.24, 2.45) is 5.92 Å². The van der Waals surface area contributed by atoms with E-state index >= 15 is 0 Å². The van der Waals surface area contributed by atoms with Crippen molar-refractivity contribution in [2.45, 2.75) is 93.9 Å². The molecule has 3 heterocycles. The third-order valence-corrected chi connectivity index (χ3v) is 11.7. The third-order valence-electron chi connectivity index (χ3n) is 9.89. The van der Waals surface area contributed by atoms with Crippen molar-refractivity contribution in [3.8, 4) is 11.6 Å². The van der Waals surface area contributed by atoms with Gasteiger partial charge < -0.3 is 39.4 Å². The van der Waals surface area contributed by atoms with Crippen LogP contribution in [0, 0.1) is 5.92 Å². The Morgan fingerprint density at radius 2 is 1.89 bits per heavy atom. The van der Waals surface area contributed by atoms with Gasteiger partial charge in [0.05, 0.1) is 25.5 Å². The van der Waals surface area contributed by atoms with E-state index in [1.807, 2.05) is 37.2 Å². The number of ether oxygens (including phenoxy) is 4. The van der Waals surface area contributed by atoms with Gasteiger partial charge in [0.1, 0.15) is 40.9 Å². The fourth-order valence-corrected chi connectivity index (χ4v) is 8.17. The van der Waals surface area contributed by atoms with Gasteiger partial charge in [0.15, 0.2) is 0 Å². The maximum atomic E-state index is 14.5. The zero-order chi connectivity index (χ0) is 39.0. The number of fused-ring (bicyclic) bond motifs is 3. The number of benzene rings is 1. The Kier molecular flexibility index (Phi) is 11.0. The predicted octanol–water partition coefficient (Wildman–Crippen LogP) is 2.40. The molecule has 4 amide bonds. The number of hydrogen-bond acceptors (Lipinski definition) is 12. The summed E-state index contributed by atoms with van der Waals surface area (Å²) < 4.78 is 51.0. The highest BCUT2D eigenvalue weighted by Crippen LogP contribution is 2.46. The molecule has 4 aliphatic rings. The number of nitrogens with one attached hydrogen (secondary N) is 3. The van der Waals surface area contributed by atoms with Crippen LogP contribution < -0.4 is 29.7 Å². The minimum atomic E-state index is -3.92. The number of rotatable bonds is 8. The first-order valence-electron chi connectivity index (χ1n) is 18.2. The first kappa shape index (κ1) is 39.1. The van der Waals surface area contributed by atoms with E-state index in [2.05, 4.69) is 15.4 Å². The number of nitrogens with zero attached hydrogens (tertiary/aromatic N) is 3. The highest BCUT2D eigenvalue weighted by molar-refractivity contribution is 7.91. The summed E-state index contributed by atoms with van der Waals surface area (Å²) in [7, 11) is 1.35. The number of carbonyl (C=O) groups excluding carboxylic acids is 4. The van der Waals surface area contributed by atoms with E-state index in [4.69, 9.17) is 23.9 Å². The van der Waals surface area contributed by atoms with Crippen molar-refractivity contribution in [3.63, 3.8) is 0 Å². The molecule has 1 unspecified atom stereocenters. The van der Waals surface area contributed by atoms with Gasteiger partial charge in [-0.1, -0.05) is 12.2 Å². The smallest absolute Gasteiger partial charge is 0.408 e. The molecule has 6 rings (SSSR count). The van der Waals surface area contributed by atoms with E-state index in [0.29, 0.717) is 36.2 Å². The number of pyridine rings is 1. The van der Waals surface area contributed by atoms with Crippen LogP contribution in [0.15, 0.2) is 36.4 Å². The second kappa shape index (κ2) is 15.2. The van der Waals surface area contributed by atoms with E-state index < -0.39 is 74.3 Å². The summed E-state index contributed by atoms with van der Waals surface area (Å²) >= 11 is 0. The van der Waals surface area contributed by atoms with Gasteiger partial charge >= 0.3 is 6.09 Å². The van der Waals surface area contributed by atoms with Crippen LogP contribution in [0.25, 0.3) is 10.8 Å². The Balaban J connectivity index is 1.34. The van der Waals surface area contributed by atoms with Gasteiger partial charge in [-0.3, -0.25) is 19.1 Å². The minimum Gasteiger partial charge on any atom is -0.497 e. The molecule has 0 bridgehead atoms. The number of hydrogen-bond donors (Lipinski definition) is 3. The van der Waals surface area contributed by atoms with E-state index in [-0.39, 0.29) is 44.9 Å². The summed E-state index contributed by atoms with van der Waals surface area (Å²) in [6.07, 6.45) is 3.60. The van der Waals surface area contributed by atoms with Crippen LogP contribution in [0.2, 0.25) is 0 Å². The second-order valence-electron chi connectivity index (χ2n) is 15.5. The van der Waals surface area contributed by atoms with Crippen molar-refractivity contribution in [1.82, 2.24) is 25.2 Å². The van der Waals surface area contributed by atoms with Gasteiger partial charge in [0, 0.05) is 38.4 Å². The fourth-order valence-electron chi connectivity index (χ4n) is 6.80. The zero-order valence-electron chi connectivity index (χ0n) is 31.5. The van der Waals surface area contributed by atoms with Gasteiger partial charge in [-0.15, -0.1) is 0 Å².